The van der Waals surface area contributed by atoms with Crippen molar-refractivity contribution < 1.29 is 8.42 Å². The van der Waals surface area contributed by atoms with Gasteiger partial charge in [0.1, 0.15) is 0 Å². The van der Waals surface area contributed by atoms with Crippen LogP contribution in [0.4, 0.5) is 0 Å². The maximum absolute atomic E-state index is 11.1. The van der Waals surface area contributed by atoms with Crippen LogP contribution < -0.4 is 5.14 Å². The fraction of sp³-hybridized carbons (Fsp3) is 0.500. The molecule has 0 aromatic heterocycles. The van der Waals surface area contributed by atoms with E-state index in [4.69, 9.17) is 16.7 Å². The second-order valence-corrected chi connectivity index (χ2v) is 7.21. The van der Waals surface area contributed by atoms with Crippen molar-refractivity contribution in [3.05, 3.63) is 34.9 Å². The minimum Gasteiger partial charge on any atom is -0.228 e. The molecule has 1 aromatic carbocycles. The summed E-state index contributed by atoms with van der Waals surface area (Å²) >= 11 is 5.82. The molecule has 0 saturated heterocycles. The van der Waals surface area contributed by atoms with Crippen LogP contribution in [0.15, 0.2) is 24.3 Å². The first-order chi connectivity index (χ1) is 7.88. The molecule has 0 radical (unpaired) electrons. The van der Waals surface area contributed by atoms with E-state index in [1.165, 1.54) is 5.56 Å². The summed E-state index contributed by atoms with van der Waals surface area (Å²) in [5.74, 6) is 0.904. The number of hydrogen-bond donors (Lipinski definition) is 1. The van der Waals surface area contributed by atoms with E-state index in [1.807, 2.05) is 24.3 Å². The molecule has 0 spiro atoms. The van der Waals surface area contributed by atoms with Gasteiger partial charge in [0.05, 0.1) is 5.25 Å². The number of benzene rings is 1. The number of hydrogen-bond acceptors (Lipinski definition) is 2. The summed E-state index contributed by atoms with van der Waals surface area (Å²) < 4.78 is 22.3. The molecule has 0 bridgehead atoms. The Morgan fingerprint density at radius 2 is 2.00 bits per heavy atom. The molecule has 2 rings (SSSR count). The topological polar surface area (TPSA) is 60.2 Å². The molecular formula is C12H16ClNO2S. The van der Waals surface area contributed by atoms with Crippen LogP contribution in [0.25, 0.3) is 0 Å². The summed E-state index contributed by atoms with van der Waals surface area (Å²) in [4.78, 5) is 0. The molecule has 1 fully saturated rings. The Labute approximate surface area is 107 Å². The number of rotatable bonds is 4. The number of nitrogens with two attached hydrogens (primary N) is 1. The summed E-state index contributed by atoms with van der Waals surface area (Å²) in [7, 11) is -3.39. The fourth-order valence-corrected chi connectivity index (χ4v) is 2.83. The molecule has 0 aliphatic heterocycles. The largest absolute Gasteiger partial charge is 0.228 e. The second kappa shape index (κ2) is 4.59. The van der Waals surface area contributed by atoms with Gasteiger partial charge in [-0.2, -0.15) is 0 Å². The number of halogens is 1. The first-order valence-corrected chi connectivity index (χ1v) is 7.63. The lowest BCUT2D eigenvalue weighted by Crippen LogP contribution is -2.26. The molecule has 3 unspecified atom stereocenters. The minimum absolute atomic E-state index is 0.435. The molecule has 3 nitrogen and oxygen atoms in total. The van der Waals surface area contributed by atoms with Crippen molar-refractivity contribution in [1.82, 2.24) is 0 Å². The molecule has 5 heteroatoms. The van der Waals surface area contributed by atoms with Gasteiger partial charge in [0.2, 0.25) is 10.0 Å². The summed E-state index contributed by atoms with van der Waals surface area (Å²) in [5, 5.41) is 5.39. The van der Waals surface area contributed by atoms with E-state index in [0.29, 0.717) is 18.3 Å². The summed E-state index contributed by atoms with van der Waals surface area (Å²) in [6.45, 7) is 1.67. The summed E-state index contributed by atoms with van der Waals surface area (Å²) in [5.41, 5.74) is 1.24. The first kappa shape index (κ1) is 12.9. The van der Waals surface area contributed by atoms with E-state index in [-0.39, 0.29) is 0 Å². The highest BCUT2D eigenvalue weighted by Crippen LogP contribution is 2.50. The standard InChI is InChI=1S/C12H16ClNO2S/c1-8(17(14,15)16)6-10-7-12(10)9-2-4-11(13)5-3-9/h2-5,8,10,12H,6-7H2,1H3,(H2,14,15,16). The number of primary sulfonamides is 1. The molecule has 1 aliphatic rings. The van der Waals surface area contributed by atoms with Crippen LogP contribution in [0, 0.1) is 5.92 Å². The van der Waals surface area contributed by atoms with Gasteiger partial charge in [-0.15, -0.1) is 0 Å². The van der Waals surface area contributed by atoms with E-state index in [2.05, 4.69) is 0 Å². The molecule has 94 valence electrons. The van der Waals surface area contributed by atoms with Crippen molar-refractivity contribution in [2.24, 2.45) is 11.1 Å². The highest BCUT2D eigenvalue weighted by molar-refractivity contribution is 7.89. The number of sulfonamides is 1. The summed E-state index contributed by atoms with van der Waals surface area (Å²) in [6, 6.07) is 7.76. The van der Waals surface area contributed by atoms with Gasteiger partial charge in [0.15, 0.2) is 0 Å². The van der Waals surface area contributed by atoms with Crippen molar-refractivity contribution in [3.63, 3.8) is 0 Å². The molecule has 1 saturated carbocycles. The lowest BCUT2D eigenvalue weighted by molar-refractivity contribution is 0.569. The van der Waals surface area contributed by atoms with Crippen molar-refractivity contribution in [3.8, 4) is 0 Å². The predicted octanol–water partition coefficient (Wildman–Crippen LogP) is 2.51. The van der Waals surface area contributed by atoms with Gasteiger partial charge in [-0.1, -0.05) is 23.7 Å². The van der Waals surface area contributed by atoms with Gasteiger partial charge in [0, 0.05) is 5.02 Å². The van der Waals surface area contributed by atoms with Crippen LogP contribution in [0.1, 0.15) is 31.2 Å². The molecule has 0 heterocycles. The SMILES string of the molecule is CC(CC1CC1c1ccc(Cl)cc1)S(N)(=O)=O. The zero-order valence-electron chi connectivity index (χ0n) is 9.64. The van der Waals surface area contributed by atoms with Gasteiger partial charge < -0.3 is 0 Å². The Morgan fingerprint density at radius 1 is 1.41 bits per heavy atom. The monoisotopic (exact) mass is 273 g/mol. The fourth-order valence-electron chi connectivity index (χ4n) is 2.19. The Balaban J connectivity index is 1.95. The summed E-state index contributed by atoms with van der Waals surface area (Å²) in [6.07, 6.45) is 1.69. The Hall–Kier alpha value is -0.580. The van der Waals surface area contributed by atoms with Crippen LogP contribution in [0.2, 0.25) is 5.02 Å². The quantitative estimate of drug-likeness (QED) is 0.916. The minimum atomic E-state index is -3.39. The van der Waals surface area contributed by atoms with Gasteiger partial charge in [-0.05, 0) is 49.3 Å². The molecule has 0 amide bonds. The highest BCUT2D eigenvalue weighted by Gasteiger charge is 2.40. The third kappa shape index (κ3) is 3.21. The highest BCUT2D eigenvalue weighted by atomic mass is 35.5. The van der Waals surface area contributed by atoms with E-state index < -0.39 is 15.3 Å². The molecule has 3 atom stereocenters. The molecule has 2 N–H and O–H groups in total. The van der Waals surface area contributed by atoms with E-state index in [9.17, 15) is 8.42 Å². The van der Waals surface area contributed by atoms with Crippen LogP contribution in [-0.2, 0) is 10.0 Å². The van der Waals surface area contributed by atoms with Crippen LogP contribution in [0.3, 0.4) is 0 Å². The first-order valence-electron chi connectivity index (χ1n) is 5.65. The van der Waals surface area contributed by atoms with E-state index >= 15 is 0 Å². The third-order valence-electron chi connectivity index (χ3n) is 3.42. The van der Waals surface area contributed by atoms with Crippen molar-refractivity contribution >= 4 is 21.6 Å². The predicted molar refractivity (Wildman–Crippen MR) is 69.5 cm³/mol. The smallest absolute Gasteiger partial charge is 0.211 e. The maximum Gasteiger partial charge on any atom is 0.211 e. The van der Waals surface area contributed by atoms with Crippen molar-refractivity contribution in [2.75, 3.05) is 0 Å². The Bertz CT molecular complexity index is 498. The molecule has 1 aromatic rings. The molecular weight excluding hydrogens is 258 g/mol. The molecule has 17 heavy (non-hydrogen) atoms. The zero-order chi connectivity index (χ0) is 12.6. The van der Waals surface area contributed by atoms with Crippen molar-refractivity contribution in [2.45, 2.75) is 30.9 Å². The Kier molecular flexibility index (Phi) is 3.48. The lowest BCUT2D eigenvalue weighted by Gasteiger charge is -2.08. The zero-order valence-corrected chi connectivity index (χ0v) is 11.2. The molecule has 1 aliphatic carbocycles. The van der Waals surface area contributed by atoms with Crippen LogP contribution >= 0.6 is 11.6 Å². The Morgan fingerprint density at radius 3 is 2.53 bits per heavy atom. The van der Waals surface area contributed by atoms with E-state index in [1.54, 1.807) is 6.92 Å². The van der Waals surface area contributed by atoms with Crippen LogP contribution in [0.5, 0.6) is 0 Å². The maximum atomic E-state index is 11.1. The van der Waals surface area contributed by atoms with E-state index in [0.717, 1.165) is 11.4 Å². The van der Waals surface area contributed by atoms with Crippen molar-refractivity contribution in [1.29, 1.82) is 0 Å². The van der Waals surface area contributed by atoms with Gasteiger partial charge in [0.25, 0.3) is 0 Å². The van der Waals surface area contributed by atoms with Gasteiger partial charge >= 0.3 is 0 Å². The van der Waals surface area contributed by atoms with Gasteiger partial charge in [-0.25, -0.2) is 13.6 Å². The van der Waals surface area contributed by atoms with Gasteiger partial charge in [-0.3, -0.25) is 0 Å². The third-order valence-corrected chi connectivity index (χ3v) is 4.98. The average Bonchev–Trinajstić information content (AvgIpc) is 2.97. The van der Waals surface area contributed by atoms with Crippen LogP contribution in [-0.4, -0.2) is 13.7 Å². The average molecular weight is 274 g/mol. The second-order valence-electron chi connectivity index (χ2n) is 4.79. The lowest BCUT2D eigenvalue weighted by atomic mass is 10.1. The normalized spacial score (nSPS) is 25.6.